The van der Waals surface area contributed by atoms with Crippen LogP contribution in [-0.2, 0) is 21.4 Å². The summed E-state index contributed by atoms with van der Waals surface area (Å²) in [4.78, 5) is 20.1. The van der Waals surface area contributed by atoms with Gasteiger partial charge in [-0.05, 0) is 76.7 Å². The molecule has 1 amide bonds. The van der Waals surface area contributed by atoms with Gasteiger partial charge in [0.25, 0.3) is 0 Å². The van der Waals surface area contributed by atoms with Crippen LogP contribution in [0.5, 0.6) is 0 Å². The predicted octanol–water partition coefficient (Wildman–Crippen LogP) is 6.61. The molecule has 0 aliphatic carbocycles. The molecule has 0 saturated carbocycles. The molecule has 0 aliphatic heterocycles. The van der Waals surface area contributed by atoms with Crippen molar-refractivity contribution in [3.8, 4) is 33.6 Å². The lowest BCUT2D eigenvalue weighted by atomic mass is 9.99. The molecule has 0 radical (unpaired) electrons. The summed E-state index contributed by atoms with van der Waals surface area (Å²) in [6, 6.07) is 20.1. The lowest BCUT2D eigenvalue weighted by Crippen LogP contribution is -2.21. The third-order valence-corrected chi connectivity index (χ3v) is 7.91. The number of amides is 1. The number of aromatic amines is 2. The van der Waals surface area contributed by atoms with Crippen molar-refractivity contribution in [2.24, 2.45) is 5.92 Å². The smallest absolute Gasteiger partial charge is 0.224 e. The second-order valence-corrected chi connectivity index (χ2v) is 13.2. The van der Waals surface area contributed by atoms with Crippen molar-refractivity contribution in [3.05, 3.63) is 90.5 Å². The molecule has 6 aromatic rings. The summed E-state index contributed by atoms with van der Waals surface area (Å²) in [5.74, 6) is -0.251. The number of aromatic nitrogens is 4. The zero-order valence-electron chi connectivity index (χ0n) is 24.4. The summed E-state index contributed by atoms with van der Waals surface area (Å²) in [6.07, 6.45) is 4.89. The number of carbonyl (C=O) groups is 1. The van der Waals surface area contributed by atoms with Gasteiger partial charge >= 0.3 is 0 Å². The van der Waals surface area contributed by atoms with Crippen molar-refractivity contribution >= 4 is 43.4 Å². The van der Waals surface area contributed by atoms with Crippen LogP contribution in [0.2, 0.25) is 0 Å². The molecule has 0 spiro atoms. The molecule has 9 nitrogen and oxygen atoms in total. The van der Waals surface area contributed by atoms with Crippen LogP contribution < -0.4 is 10.0 Å². The first-order chi connectivity index (χ1) is 21.0. The molecule has 3 aromatic carbocycles. The van der Waals surface area contributed by atoms with Gasteiger partial charge in [-0.1, -0.05) is 32.0 Å². The Kier molecular flexibility index (Phi) is 7.74. The first kappa shape index (κ1) is 29.2. The summed E-state index contributed by atoms with van der Waals surface area (Å²) in [6.45, 7) is 3.99. The van der Waals surface area contributed by atoms with Crippen LogP contribution in [0.3, 0.4) is 0 Å². The fourth-order valence-electron chi connectivity index (χ4n) is 5.30. The maximum Gasteiger partial charge on any atom is 0.224 e. The number of sulfonamides is 1. The molecule has 44 heavy (non-hydrogen) atoms. The number of hydrogen-bond acceptors (Lipinski definition) is 5. The van der Waals surface area contributed by atoms with Gasteiger partial charge < -0.3 is 10.3 Å². The van der Waals surface area contributed by atoms with Crippen molar-refractivity contribution in [2.45, 2.75) is 26.8 Å². The summed E-state index contributed by atoms with van der Waals surface area (Å²) >= 11 is 0. The molecule has 0 fully saturated rings. The highest BCUT2D eigenvalue weighted by Crippen LogP contribution is 2.36. The number of benzene rings is 3. The lowest BCUT2D eigenvalue weighted by Gasteiger charge is -2.09. The molecule has 0 aliphatic rings. The highest BCUT2D eigenvalue weighted by atomic mass is 32.2. The number of pyridine rings is 1. The molecule has 0 bridgehead atoms. The van der Waals surface area contributed by atoms with Crippen LogP contribution in [0.4, 0.5) is 10.1 Å². The Labute approximate surface area is 254 Å². The largest absolute Gasteiger partial charge is 0.353 e. The van der Waals surface area contributed by atoms with Gasteiger partial charge in [-0.25, -0.2) is 17.5 Å². The molecule has 0 atom stereocenters. The first-order valence-electron chi connectivity index (χ1n) is 14.1. The average Bonchev–Trinajstić information content (AvgIpc) is 3.59. The summed E-state index contributed by atoms with van der Waals surface area (Å²) in [5.41, 5.74) is 7.55. The predicted molar refractivity (Wildman–Crippen MR) is 172 cm³/mol. The van der Waals surface area contributed by atoms with Crippen molar-refractivity contribution in [3.63, 3.8) is 0 Å². The number of anilines is 1. The Morgan fingerprint density at radius 1 is 0.932 bits per heavy atom. The van der Waals surface area contributed by atoms with E-state index >= 15 is 0 Å². The number of halogens is 1. The Hall–Kier alpha value is -4.87. The monoisotopic (exact) mass is 610 g/mol. The van der Waals surface area contributed by atoms with Crippen LogP contribution in [-0.4, -0.2) is 40.7 Å². The highest BCUT2D eigenvalue weighted by Gasteiger charge is 2.16. The van der Waals surface area contributed by atoms with E-state index in [1.165, 1.54) is 12.1 Å². The van der Waals surface area contributed by atoms with E-state index in [1.54, 1.807) is 18.5 Å². The minimum absolute atomic E-state index is 0.0116. The van der Waals surface area contributed by atoms with Gasteiger partial charge in [0, 0.05) is 41.0 Å². The van der Waals surface area contributed by atoms with Crippen LogP contribution in [0.15, 0.2) is 79.1 Å². The maximum absolute atomic E-state index is 14.6. The Morgan fingerprint density at radius 2 is 1.77 bits per heavy atom. The summed E-state index contributed by atoms with van der Waals surface area (Å²) in [5, 5.41) is 12.4. The molecule has 4 N–H and O–H groups in total. The minimum atomic E-state index is -3.43. The molecular formula is C33H31FN6O3S. The van der Waals surface area contributed by atoms with Crippen molar-refractivity contribution in [2.75, 3.05) is 11.6 Å². The van der Waals surface area contributed by atoms with E-state index in [4.69, 9.17) is 0 Å². The SMILES string of the molecule is CC(C)CC(=O)Nc1cncc(-c2ccc3[nH]nc(-c4cc5c(-c6cc(F)cc(CNS(C)(=O)=O)c6)cccc5[nH]4)c3c2)c1. The van der Waals surface area contributed by atoms with Crippen LogP contribution in [0, 0.1) is 11.7 Å². The normalized spacial score (nSPS) is 11.9. The van der Waals surface area contributed by atoms with Gasteiger partial charge in [0.1, 0.15) is 11.5 Å². The van der Waals surface area contributed by atoms with Crippen molar-refractivity contribution in [1.82, 2.24) is 24.9 Å². The Bertz CT molecular complexity index is 2130. The third kappa shape index (κ3) is 6.38. The molecule has 3 heterocycles. The number of fused-ring (bicyclic) bond motifs is 2. The zero-order chi connectivity index (χ0) is 31.0. The van der Waals surface area contributed by atoms with E-state index in [1.807, 2.05) is 62.4 Å². The maximum atomic E-state index is 14.6. The van der Waals surface area contributed by atoms with Gasteiger partial charge in [-0.2, -0.15) is 5.10 Å². The van der Waals surface area contributed by atoms with Crippen LogP contribution >= 0.6 is 0 Å². The molecule has 6 rings (SSSR count). The average molecular weight is 611 g/mol. The van der Waals surface area contributed by atoms with Gasteiger partial charge in [-0.15, -0.1) is 0 Å². The first-order valence-corrected chi connectivity index (χ1v) is 16.0. The number of nitrogens with zero attached hydrogens (tertiary/aromatic N) is 2. The zero-order valence-corrected chi connectivity index (χ0v) is 25.2. The molecule has 11 heteroatoms. The van der Waals surface area contributed by atoms with Gasteiger partial charge in [-0.3, -0.25) is 14.9 Å². The van der Waals surface area contributed by atoms with Crippen molar-refractivity contribution < 1.29 is 17.6 Å². The van der Waals surface area contributed by atoms with E-state index in [-0.39, 0.29) is 18.4 Å². The number of carbonyl (C=O) groups excluding carboxylic acids is 1. The lowest BCUT2D eigenvalue weighted by molar-refractivity contribution is -0.116. The van der Waals surface area contributed by atoms with Gasteiger partial charge in [0.15, 0.2) is 0 Å². The molecule has 0 saturated heterocycles. The van der Waals surface area contributed by atoms with Crippen molar-refractivity contribution in [1.29, 1.82) is 0 Å². The van der Waals surface area contributed by atoms with Crippen LogP contribution in [0.25, 0.3) is 55.4 Å². The summed E-state index contributed by atoms with van der Waals surface area (Å²) < 4.78 is 40.2. The molecule has 0 unspecified atom stereocenters. The topological polar surface area (TPSA) is 133 Å². The van der Waals surface area contributed by atoms with Gasteiger partial charge in [0.2, 0.25) is 15.9 Å². The van der Waals surface area contributed by atoms with E-state index in [2.05, 4.69) is 30.2 Å². The van der Waals surface area contributed by atoms with E-state index in [0.717, 1.165) is 56.1 Å². The number of nitrogens with one attached hydrogen (secondary N) is 4. The quantitative estimate of drug-likeness (QED) is 0.146. The molecule has 224 valence electrons. The van der Waals surface area contributed by atoms with E-state index < -0.39 is 15.8 Å². The Balaban J connectivity index is 1.36. The minimum Gasteiger partial charge on any atom is -0.353 e. The fraction of sp³-hybridized carbons (Fsp3) is 0.182. The molecular weight excluding hydrogens is 579 g/mol. The standard InChI is InChI=1S/C33H31FN6O3S/c1-19(2)9-32(41)37-25-13-23(17-35-18-25)21-7-8-30-28(14-21)33(40-39-30)31-15-27-26(5-4-6-29(27)38-31)22-10-20(11-24(34)12-22)16-36-44(3,42)43/h4-8,10-15,17-19,36,38H,9,16H2,1-3H3,(H,37,41)(H,39,40). The molecule has 3 aromatic heterocycles. The second kappa shape index (κ2) is 11.7. The highest BCUT2D eigenvalue weighted by molar-refractivity contribution is 7.88. The van der Waals surface area contributed by atoms with Crippen LogP contribution in [0.1, 0.15) is 25.8 Å². The second-order valence-electron chi connectivity index (χ2n) is 11.3. The fourth-order valence-corrected chi connectivity index (χ4v) is 5.73. The third-order valence-electron chi connectivity index (χ3n) is 7.24. The van der Waals surface area contributed by atoms with E-state index in [0.29, 0.717) is 23.2 Å². The Morgan fingerprint density at radius 3 is 2.57 bits per heavy atom. The number of hydrogen-bond donors (Lipinski definition) is 4. The van der Waals surface area contributed by atoms with Gasteiger partial charge in [0.05, 0.1) is 29.4 Å². The number of rotatable bonds is 9. The van der Waals surface area contributed by atoms with E-state index in [9.17, 15) is 17.6 Å². The summed E-state index contributed by atoms with van der Waals surface area (Å²) in [7, 11) is -3.43. The number of H-pyrrole nitrogens is 2.